The zero-order chi connectivity index (χ0) is 16.2. The molecule has 23 heavy (non-hydrogen) atoms. The van der Waals surface area contributed by atoms with Gasteiger partial charge in [-0.3, -0.25) is 4.90 Å². The van der Waals surface area contributed by atoms with Gasteiger partial charge in [0.05, 0.1) is 6.20 Å². The Morgan fingerprint density at radius 1 is 1.17 bits per heavy atom. The molecule has 0 unspecified atom stereocenters. The van der Waals surface area contributed by atoms with Crippen molar-refractivity contribution in [3.8, 4) is 0 Å². The number of nitrogens with one attached hydrogen (secondary N) is 1. The SMILES string of the molecule is CCNc1nc(C)cc(N2CCN(Cc3cnoc3C)CC2)n1. The van der Waals surface area contributed by atoms with Gasteiger partial charge in [-0.25, -0.2) is 4.98 Å². The van der Waals surface area contributed by atoms with Gasteiger partial charge in [-0.2, -0.15) is 4.98 Å². The predicted molar refractivity (Wildman–Crippen MR) is 89.7 cm³/mol. The van der Waals surface area contributed by atoms with Gasteiger partial charge in [-0.1, -0.05) is 5.16 Å². The van der Waals surface area contributed by atoms with Crippen LogP contribution in [-0.2, 0) is 6.54 Å². The van der Waals surface area contributed by atoms with Crippen LogP contribution in [0.2, 0.25) is 0 Å². The summed E-state index contributed by atoms with van der Waals surface area (Å²) in [4.78, 5) is 13.8. The van der Waals surface area contributed by atoms with Crippen molar-refractivity contribution in [1.29, 1.82) is 0 Å². The number of hydrogen-bond donors (Lipinski definition) is 1. The highest BCUT2D eigenvalue weighted by Gasteiger charge is 2.20. The molecule has 1 fully saturated rings. The third-order valence-electron chi connectivity index (χ3n) is 4.12. The Balaban J connectivity index is 1.61. The van der Waals surface area contributed by atoms with E-state index in [1.54, 1.807) is 0 Å². The van der Waals surface area contributed by atoms with Crippen LogP contribution in [0, 0.1) is 13.8 Å². The Kier molecular flexibility index (Phi) is 4.76. The lowest BCUT2D eigenvalue weighted by atomic mass is 10.2. The lowest BCUT2D eigenvalue weighted by Gasteiger charge is -2.35. The molecule has 0 spiro atoms. The summed E-state index contributed by atoms with van der Waals surface area (Å²) in [5.41, 5.74) is 2.17. The molecule has 3 rings (SSSR count). The molecule has 0 radical (unpaired) electrons. The first kappa shape index (κ1) is 15.7. The Labute approximate surface area is 136 Å². The molecule has 124 valence electrons. The third kappa shape index (κ3) is 3.79. The van der Waals surface area contributed by atoms with Crippen LogP contribution in [0.3, 0.4) is 0 Å². The molecule has 7 heteroatoms. The Morgan fingerprint density at radius 3 is 2.61 bits per heavy atom. The second-order valence-corrected chi connectivity index (χ2v) is 5.89. The molecule has 0 aromatic carbocycles. The molecule has 2 aromatic rings. The first-order valence-electron chi connectivity index (χ1n) is 8.12. The van der Waals surface area contributed by atoms with E-state index in [1.165, 1.54) is 5.56 Å². The molecule has 1 aliphatic heterocycles. The zero-order valence-electron chi connectivity index (χ0n) is 14.0. The Morgan fingerprint density at radius 2 is 1.96 bits per heavy atom. The van der Waals surface area contributed by atoms with E-state index in [1.807, 2.05) is 20.0 Å². The highest BCUT2D eigenvalue weighted by atomic mass is 16.5. The molecule has 1 saturated heterocycles. The molecule has 0 atom stereocenters. The van der Waals surface area contributed by atoms with Crippen LogP contribution < -0.4 is 10.2 Å². The highest BCUT2D eigenvalue weighted by Crippen LogP contribution is 2.18. The van der Waals surface area contributed by atoms with Crippen LogP contribution in [0.4, 0.5) is 11.8 Å². The van der Waals surface area contributed by atoms with E-state index in [2.05, 4.69) is 43.2 Å². The van der Waals surface area contributed by atoms with Gasteiger partial charge in [-0.05, 0) is 20.8 Å². The van der Waals surface area contributed by atoms with Crippen molar-refractivity contribution in [2.24, 2.45) is 0 Å². The maximum atomic E-state index is 5.13. The maximum Gasteiger partial charge on any atom is 0.224 e. The van der Waals surface area contributed by atoms with Gasteiger partial charge >= 0.3 is 0 Å². The summed E-state index contributed by atoms with van der Waals surface area (Å²) >= 11 is 0. The quantitative estimate of drug-likeness (QED) is 0.902. The van der Waals surface area contributed by atoms with E-state index in [0.717, 1.165) is 56.5 Å². The van der Waals surface area contributed by atoms with E-state index in [4.69, 9.17) is 4.52 Å². The van der Waals surface area contributed by atoms with Gasteiger partial charge in [-0.15, -0.1) is 0 Å². The number of rotatable bonds is 5. The fourth-order valence-electron chi connectivity index (χ4n) is 2.80. The molecule has 2 aromatic heterocycles. The van der Waals surface area contributed by atoms with Crippen molar-refractivity contribution in [1.82, 2.24) is 20.0 Å². The first-order valence-corrected chi connectivity index (χ1v) is 8.12. The van der Waals surface area contributed by atoms with Crippen LogP contribution in [-0.4, -0.2) is 52.7 Å². The first-order chi connectivity index (χ1) is 11.2. The zero-order valence-corrected chi connectivity index (χ0v) is 14.0. The van der Waals surface area contributed by atoms with Gasteiger partial charge in [0.1, 0.15) is 11.6 Å². The topological polar surface area (TPSA) is 70.3 Å². The largest absolute Gasteiger partial charge is 0.361 e. The molecule has 0 bridgehead atoms. The van der Waals surface area contributed by atoms with Gasteiger partial charge in [0.25, 0.3) is 0 Å². The van der Waals surface area contributed by atoms with E-state index in [9.17, 15) is 0 Å². The average molecular weight is 316 g/mol. The van der Waals surface area contributed by atoms with Crippen molar-refractivity contribution in [2.45, 2.75) is 27.3 Å². The van der Waals surface area contributed by atoms with Crippen LogP contribution in [0.1, 0.15) is 23.9 Å². The monoisotopic (exact) mass is 316 g/mol. The Bertz CT molecular complexity index is 648. The normalized spacial score (nSPS) is 15.9. The fourth-order valence-corrected chi connectivity index (χ4v) is 2.80. The van der Waals surface area contributed by atoms with Gasteiger partial charge < -0.3 is 14.7 Å². The lowest BCUT2D eigenvalue weighted by Crippen LogP contribution is -2.46. The number of aryl methyl sites for hydroxylation is 2. The highest BCUT2D eigenvalue weighted by molar-refractivity contribution is 5.45. The van der Waals surface area contributed by atoms with Crippen LogP contribution in [0.5, 0.6) is 0 Å². The molecule has 1 aliphatic rings. The summed E-state index contributed by atoms with van der Waals surface area (Å²) in [6.07, 6.45) is 1.82. The maximum absolute atomic E-state index is 5.13. The fraction of sp³-hybridized carbons (Fsp3) is 0.562. The predicted octanol–water partition coefficient (Wildman–Crippen LogP) is 1.84. The van der Waals surface area contributed by atoms with Crippen LogP contribution >= 0.6 is 0 Å². The molecule has 3 heterocycles. The second kappa shape index (κ2) is 6.95. The number of anilines is 2. The van der Waals surface area contributed by atoms with Crippen molar-refractivity contribution in [3.63, 3.8) is 0 Å². The second-order valence-electron chi connectivity index (χ2n) is 5.89. The molecular weight excluding hydrogens is 292 g/mol. The standard InChI is InChI=1S/C16H24N6O/c1-4-17-16-19-12(2)9-15(20-16)22-7-5-21(6-8-22)11-14-10-18-23-13(14)3/h9-10H,4-8,11H2,1-3H3,(H,17,19,20). The summed E-state index contributed by atoms with van der Waals surface area (Å²) < 4.78 is 5.13. The van der Waals surface area contributed by atoms with Crippen molar-refractivity contribution >= 4 is 11.8 Å². The van der Waals surface area contributed by atoms with Crippen molar-refractivity contribution in [3.05, 3.63) is 29.3 Å². The molecular formula is C16H24N6O. The summed E-state index contributed by atoms with van der Waals surface area (Å²) in [5.74, 6) is 2.63. The van der Waals surface area contributed by atoms with Crippen molar-refractivity contribution < 1.29 is 4.52 Å². The number of hydrogen-bond acceptors (Lipinski definition) is 7. The summed E-state index contributed by atoms with van der Waals surface area (Å²) in [6, 6.07) is 2.06. The van der Waals surface area contributed by atoms with Crippen molar-refractivity contribution in [2.75, 3.05) is 42.9 Å². The van der Waals surface area contributed by atoms with Crippen LogP contribution in [0.15, 0.2) is 16.8 Å². The molecule has 7 nitrogen and oxygen atoms in total. The molecule has 0 amide bonds. The summed E-state index contributed by atoms with van der Waals surface area (Å²) in [5, 5.41) is 7.05. The number of nitrogens with zero attached hydrogens (tertiary/aromatic N) is 5. The van der Waals surface area contributed by atoms with E-state index >= 15 is 0 Å². The molecule has 1 N–H and O–H groups in total. The average Bonchev–Trinajstić information content (AvgIpc) is 2.93. The third-order valence-corrected chi connectivity index (χ3v) is 4.12. The molecule has 0 saturated carbocycles. The van der Waals surface area contributed by atoms with Gasteiger partial charge in [0.15, 0.2) is 0 Å². The van der Waals surface area contributed by atoms with E-state index in [-0.39, 0.29) is 0 Å². The van der Waals surface area contributed by atoms with E-state index in [0.29, 0.717) is 5.95 Å². The minimum atomic E-state index is 0.713. The van der Waals surface area contributed by atoms with Gasteiger partial charge in [0.2, 0.25) is 5.95 Å². The molecule has 0 aliphatic carbocycles. The smallest absolute Gasteiger partial charge is 0.224 e. The van der Waals surface area contributed by atoms with Gasteiger partial charge in [0, 0.05) is 56.6 Å². The number of aromatic nitrogens is 3. The summed E-state index contributed by atoms with van der Waals surface area (Å²) in [6.45, 7) is 11.7. The minimum absolute atomic E-state index is 0.713. The number of piperazine rings is 1. The minimum Gasteiger partial charge on any atom is -0.361 e. The summed E-state index contributed by atoms with van der Waals surface area (Å²) in [7, 11) is 0. The van der Waals surface area contributed by atoms with E-state index < -0.39 is 0 Å². The lowest BCUT2D eigenvalue weighted by molar-refractivity contribution is 0.247. The van der Waals surface area contributed by atoms with Crippen LogP contribution in [0.25, 0.3) is 0 Å². The Hall–Kier alpha value is -2.15.